The molecule has 2 atom stereocenters. The van der Waals surface area contributed by atoms with Gasteiger partial charge in [-0.1, -0.05) is 18.5 Å². The molecule has 2 aromatic rings. The van der Waals surface area contributed by atoms with Crippen molar-refractivity contribution in [1.82, 2.24) is 4.98 Å². The smallest absolute Gasteiger partial charge is 0.220 e. The van der Waals surface area contributed by atoms with Crippen LogP contribution in [-0.4, -0.2) is 21.7 Å². The third-order valence-electron chi connectivity index (χ3n) is 4.66. The summed E-state index contributed by atoms with van der Waals surface area (Å²) in [6, 6.07) is 5.22. The third-order valence-corrected chi connectivity index (χ3v) is 5.07. The Morgan fingerprint density at radius 1 is 1.35 bits per heavy atom. The molecule has 0 unspecified atom stereocenters. The Kier molecular flexibility index (Phi) is 3.85. The number of nitrogens with one attached hydrogen (secondary N) is 1. The van der Waals surface area contributed by atoms with Gasteiger partial charge in [-0.2, -0.15) is 4.39 Å². The van der Waals surface area contributed by atoms with Crippen LogP contribution in [0.1, 0.15) is 37.8 Å². The van der Waals surface area contributed by atoms with Crippen molar-refractivity contribution in [2.24, 2.45) is 0 Å². The number of aliphatic hydroxyl groups excluding tert-OH is 1. The van der Waals surface area contributed by atoms with Gasteiger partial charge in [0.25, 0.3) is 0 Å². The second kappa shape index (κ2) is 5.46. The second-order valence-corrected chi connectivity index (χ2v) is 7.14. The van der Waals surface area contributed by atoms with E-state index in [2.05, 4.69) is 10.3 Å². The van der Waals surface area contributed by atoms with Gasteiger partial charge in [0.1, 0.15) is 0 Å². The van der Waals surface area contributed by atoms with E-state index < -0.39 is 17.6 Å². The zero-order chi connectivity index (χ0) is 16.9. The van der Waals surface area contributed by atoms with Gasteiger partial charge in [0, 0.05) is 34.5 Å². The molecule has 0 amide bonds. The maximum Gasteiger partial charge on any atom is 0.220 e. The zero-order valence-corrected chi connectivity index (χ0v) is 14.4. The molecule has 0 fully saturated rings. The number of hydrogen-bond acceptors (Lipinski definition) is 3. The number of benzene rings is 1. The number of aryl methyl sites for hydroxylation is 1. The fourth-order valence-corrected chi connectivity index (χ4v) is 3.80. The van der Waals surface area contributed by atoms with Crippen LogP contribution in [0, 0.1) is 12.9 Å². The van der Waals surface area contributed by atoms with E-state index in [0.717, 1.165) is 16.8 Å². The fraction of sp³-hybridized carbons (Fsp3) is 0.389. The number of rotatable bonds is 1. The average molecular weight is 335 g/mol. The van der Waals surface area contributed by atoms with E-state index in [1.165, 1.54) is 6.20 Å². The molecule has 23 heavy (non-hydrogen) atoms. The van der Waals surface area contributed by atoms with Crippen LogP contribution in [0.5, 0.6) is 0 Å². The Morgan fingerprint density at radius 3 is 2.70 bits per heavy atom. The molecule has 1 aromatic heterocycles. The molecule has 0 saturated carbocycles. The van der Waals surface area contributed by atoms with Gasteiger partial charge in [-0.3, -0.25) is 0 Å². The van der Waals surface area contributed by atoms with Crippen LogP contribution in [0.25, 0.3) is 11.1 Å². The highest BCUT2D eigenvalue weighted by Crippen LogP contribution is 2.47. The molecular weight excluding hydrogens is 315 g/mol. The van der Waals surface area contributed by atoms with Crippen molar-refractivity contribution in [1.29, 1.82) is 0 Å². The summed E-state index contributed by atoms with van der Waals surface area (Å²) in [4.78, 5) is 3.71. The van der Waals surface area contributed by atoms with Crippen LogP contribution in [0.15, 0.2) is 24.4 Å². The number of fused-ring (bicyclic) bond motifs is 1. The quantitative estimate of drug-likeness (QED) is 0.754. The van der Waals surface area contributed by atoms with E-state index in [9.17, 15) is 9.50 Å². The van der Waals surface area contributed by atoms with Crippen molar-refractivity contribution in [2.75, 3.05) is 5.32 Å². The summed E-state index contributed by atoms with van der Waals surface area (Å²) in [5.74, 6) is -0.710. The van der Waals surface area contributed by atoms with Crippen molar-refractivity contribution in [3.8, 4) is 11.1 Å². The summed E-state index contributed by atoms with van der Waals surface area (Å²) >= 11 is 6.61. The molecule has 3 rings (SSSR count). The molecule has 3 nitrogen and oxygen atoms in total. The number of hydrogen-bond donors (Lipinski definition) is 2. The Hall–Kier alpha value is -1.65. The summed E-state index contributed by atoms with van der Waals surface area (Å²) in [5, 5.41) is 14.4. The standard InChI is InChI=1S/C18H20ClFN2O/c1-9-8-12(11-6-5-7-21-17(11)20)14(19)13-10(2)16(23)18(3,4)22-15(9)13/h5-8,10,16,22-23H,1-4H3/t10-,16+/m1/s1. The third kappa shape index (κ3) is 2.50. The van der Waals surface area contributed by atoms with Gasteiger partial charge in [-0.25, -0.2) is 4.98 Å². The number of pyridine rings is 1. The Labute approximate surface area is 140 Å². The lowest BCUT2D eigenvalue weighted by Crippen LogP contribution is -2.50. The molecule has 1 aliphatic rings. The van der Waals surface area contributed by atoms with E-state index in [4.69, 9.17) is 11.6 Å². The first-order valence-electron chi connectivity index (χ1n) is 7.64. The van der Waals surface area contributed by atoms with Crippen LogP contribution < -0.4 is 5.32 Å². The average Bonchev–Trinajstić information content (AvgIpc) is 2.49. The van der Waals surface area contributed by atoms with E-state index in [1.807, 2.05) is 33.8 Å². The number of aliphatic hydroxyl groups is 1. The summed E-state index contributed by atoms with van der Waals surface area (Å²) in [7, 11) is 0. The Bertz CT molecular complexity index is 776. The minimum Gasteiger partial charge on any atom is -0.390 e. The highest BCUT2D eigenvalue weighted by Gasteiger charge is 2.40. The summed E-state index contributed by atoms with van der Waals surface area (Å²) < 4.78 is 14.1. The molecule has 0 saturated heterocycles. The Balaban J connectivity index is 2.26. The first kappa shape index (κ1) is 16.2. The molecular formula is C18H20ClFN2O. The van der Waals surface area contributed by atoms with Gasteiger partial charge in [0.15, 0.2) is 0 Å². The van der Waals surface area contributed by atoms with E-state index in [-0.39, 0.29) is 5.92 Å². The predicted octanol–water partition coefficient (Wildman–Crippen LogP) is 4.52. The number of halogens is 2. The first-order valence-corrected chi connectivity index (χ1v) is 8.02. The van der Waals surface area contributed by atoms with Gasteiger partial charge < -0.3 is 10.4 Å². The van der Waals surface area contributed by atoms with E-state index in [0.29, 0.717) is 16.1 Å². The monoisotopic (exact) mass is 334 g/mol. The summed E-state index contributed by atoms with van der Waals surface area (Å²) in [6.07, 6.45) is 0.815. The first-order chi connectivity index (χ1) is 10.7. The van der Waals surface area contributed by atoms with Gasteiger partial charge in [-0.05, 0) is 44.5 Å². The van der Waals surface area contributed by atoms with Crippen LogP contribution in [-0.2, 0) is 0 Å². The second-order valence-electron chi connectivity index (χ2n) is 6.77. The molecule has 2 N–H and O–H groups in total. The maximum absolute atomic E-state index is 14.1. The maximum atomic E-state index is 14.1. The van der Waals surface area contributed by atoms with Crippen molar-refractivity contribution in [2.45, 2.75) is 45.3 Å². The van der Waals surface area contributed by atoms with Gasteiger partial charge in [0.05, 0.1) is 16.7 Å². The summed E-state index contributed by atoms with van der Waals surface area (Å²) in [5.41, 5.74) is 3.24. The highest BCUT2D eigenvalue weighted by molar-refractivity contribution is 6.34. The number of anilines is 1. The lowest BCUT2D eigenvalue weighted by Gasteiger charge is -2.43. The van der Waals surface area contributed by atoms with Crippen LogP contribution >= 0.6 is 11.6 Å². The molecule has 1 aliphatic heterocycles. The molecule has 0 radical (unpaired) electrons. The largest absolute Gasteiger partial charge is 0.390 e. The van der Waals surface area contributed by atoms with Crippen LogP contribution in [0.4, 0.5) is 10.1 Å². The molecule has 0 aliphatic carbocycles. The molecule has 2 heterocycles. The van der Waals surface area contributed by atoms with Crippen LogP contribution in [0.2, 0.25) is 5.02 Å². The molecule has 122 valence electrons. The summed E-state index contributed by atoms with van der Waals surface area (Å²) in [6.45, 7) is 7.82. The van der Waals surface area contributed by atoms with Crippen molar-refractivity contribution in [3.63, 3.8) is 0 Å². The lowest BCUT2D eigenvalue weighted by atomic mass is 9.77. The van der Waals surface area contributed by atoms with Gasteiger partial charge >= 0.3 is 0 Å². The van der Waals surface area contributed by atoms with Crippen LogP contribution in [0.3, 0.4) is 0 Å². The normalized spacial score (nSPS) is 22.4. The molecule has 0 bridgehead atoms. The van der Waals surface area contributed by atoms with Crippen molar-refractivity contribution >= 4 is 17.3 Å². The van der Waals surface area contributed by atoms with Crippen molar-refractivity contribution in [3.05, 3.63) is 46.5 Å². The fourth-order valence-electron chi connectivity index (χ4n) is 3.37. The molecule has 0 spiro atoms. The molecule has 5 heteroatoms. The molecule has 1 aromatic carbocycles. The SMILES string of the molecule is Cc1cc(-c2cccnc2F)c(Cl)c2c1NC(C)(C)[C@@H](O)[C@@H]2C. The van der Waals surface area contributed by atoms with Gasteiger partial charge in [0.2, 0.25) is 5.95 Å². The topological polar surface area (TPSA) is 45.2 Å². The number of nitrogens with zero attached hydrogens (tertiary/aromatic N) is 1. The minimum absolute atomic E-state index is 0.160. The Morgan fingerprint density at radius 2 is 2.04 bits per heavy atom. The van der Waals surface area contributed by atoms with E-state index >= 15 is 0 Å². The highest BCUT2D eigenvalue weighted by atomic mass is 35.5. The van der Waals surface area contributed by atoms with Crippen molar-refractivity contribution < 1.29 is 9.50 Å². The minimum atomic E-state index is -0.596. The number of aromatic nitrogens is 1. The van der Waals surface area contributed by atoms with E-state index in [1.54, 1.807) is 12.1 Å². The predicted molar refractivity (Wildman–Crippen MR) is 91.5 cm³/mol. The zero-order valence-electron chi connectivity index (χ0n) is 13.6. The lowest BCUT2D eigenvalue weighted by molar-refractivity contribution is 0.0869. The van der Waals surface area contributed by atoms with Gasteiger partial charge in [-0.15, -0.1) is 0 Å².